The van der Waals surface area contributed by atoms with Crippen molar-refractivity contribution in [1.82, 2.24) is 20.8 Å². The fourth-order valence-corrected chi connectivity index (χ4v) is 2.41. The highest BCUT2D eigenvalue weighted by Gasteiger charge is 2.17. The highest BCUT2D eigenvalue weighted by molar-refractivity contribution is 5.89. The first-order chi connectivity index (χ1) is 14.9. The van der Waals surface area contributed by atoms with Crippen molar-refractivity contribution in [2.75, 3.05) is 19.7 Å². The summed E-state index contributed by atoms with van der Waals surface area (Å²) in [7, 11) is 0. The van der Waals surface area contributed by atoms with Crippen molar-refractivity contribution >= 4 is 17.5 Å². The van der Waals surface area contributed by atoms with Crippen molar-refractivity contribution < 1.29 is 28.2 Å². The molecule has 2 N–H and O–H groups in total. The number of aromatic nitrogens is 2. The van der Waals surface area contributed by atoms with E-state index in [1.54, 1.807) is 6.07 Å². The van der Waals surface area contributed by atoms with Gasteiger partial charge in [-0.15, -0.1) is 0 Å². The molecule has 12 heteroatoms. The Bertz CT molecular complexity index is 1090. The zero-order chi connectivity index (χ0) is 22.2. The molecule has 0 aliphatic heterocycles. The first-order valence-corrected chi connectivity index (χ1v) is 8.95. The first-order valence-electron chi connectivity index (χ1n) is 8.95. The van der Waals surface area contributed by atoms with Crippen LogP contribution in [0.1, 0.15) is 10.7 Å². The molecule has 11 nitrogen and oxygen atoms in total. The molecule has 0 aliphatic rings. The summed E-state index contributed by atoms with van der Waals surface area (Å²) < 4.78 is 23.0. The monoisotopic (exact) mass is 429 g/mol. The second kappa shape index (κ2) is 9.91. The quantitative estimate of drug-likeness (QED) is 0.297. The van der Waals surface area contributed by atoms with E-state index in [1.165, 1.54) is 42.5 Å². The number of amides is 2. The van der Waals surface area contributed by atoms with Crippen molar-refractivity contribution in [2.45, 2.75) is 0 Å². The van der Waals surface area contributed by atoms with Gasteiger partial charge in [0.25, 0.3) is 5.91 Å². The van der Waals surface area contributed by atoms with Crippen LogP contribution < -0.4 is 15.4 Å². The minimum Gasteiger partial charge on any atom is -0.477 e. The molecule has 2 amide bonds. The number of para-hydroxylation sites is 2. The second-order valence-electron chi connectivity index (χ2n) is 6.05. The summed E-state index contributed by atoms with van der Waals surface area (Å²) in [5.74, 6) is -1.77. The molecular weight excluding hydrogens is 413 g/mol. The van der Waals surface area contributed by atoms with Crippen LogP contribution in [0.15, 0.2) is 53.1 Å². The van der Waals surface area contributed by atoms with Gasteiger partial charge in [0, 0.05) is 24.7 Å². The summed E-state index contributed by atoms with van der Waals surface area (Å²) in [4.78, 5) is 38.1. The number of rotatable bonds is 9. The van der Waals surface area contributed by atoms with Gasteiger partial charge in [-0.2, -0.15) is 4.98 Å². The molecule has 3 aromatic rings. The molecule has 0 aliphatic carbocycles. The highest BCUT2D eigenvalue weighted by atomic mass is 19.1. The lowest BCUT2D eigenvalue weighted by molar-refractivity contribution is -0.385. The van der Waals surface area contributed by atoms with E-state index < -0.39 is 29.2 Å². The Morgan fingerprint density at radius 3 is 2.55 bits per heavy atom. The lowest BCUT2D eigenvalue weighted by atomic mass is 10.2. The smallest absolute Gasteiger partial charge is 0.316 e. The van der Waals surface area contributed by atoms with Crippen LogP contribution in [-0.4, -0.2) is 46.6 Å². The van der Waals surface area contributed by atoms with E-state index in [4.69, 9.17) is 9.26 Å². The van der Waals surface area contributed by atoms with E-state index in [2.05, 4.69) is 20.8 Å². The predicted octanol–water partition coefficient (Wildman–Crippen LogP) is 1.71. The van der Waals surface area contributed by atoms with Crippen LogP contribution in [0.4, 0.5) is 10.1 Å². The molecule has 160 valence electrons. The molecule has 0 fully saturated rings. The summed E-state index contributed by atoms with van der Waals surface area (Å²) in [5, 5.41) is 19.5. The van der Waals surface area contributed by atoms with Crippen LogP contribution in [0, 0.1) is 15.9 Å². The van der Waals surface area contributed by atoms with Gasteiger partial charge < -0.3 is 19.9 Å². The number of nitrogens with zero attached hydrogens (tertiary/aromatic N) is 3. The van der Waals surface area contributed by atoms with Crippen molar-refractivity contribution in [3.8, 4) is 17.1 Å². The summed E-state index contributed by atoms with van der Waals surface area (Å²) >= 11 is 0. The van der Waals surface area contributed by atoms with E-state index in [9.17, 15) is 24.1 Å². The van der Waals surface area contributed by atoms with Gasteiger partial charge in [0.1, 0.15) is 5.82 Å². The fraction of sp³-hybridized carbons (Fsp3) is 0.158. The summed E-state index contributed by atoms with van der Waals surface area (Å²) in [6, 6.07) is 11.0. The minimum absolute atomic E-state index is 0.0238. The van der Waals surface area contributed by atoms with Crippen LogP contribution in [0.5, 0.6) is 5.75 Å². The Labute approximate surface area is 174 Å². The maximum absolute atomic E-state index is 13.0. The first kappa shape index (κ1) is 21.4. The SMILES string of the molecule is O=C(COc1ccccc1[N+](=O)[O-])NCCNC(=O)c1nc(-c2ccc(F)cc2)no1. The largest absolute Gasteiger partial charge is 0.477 e. The molecule has 0 unspecified atom stereocenters. The number of benzene rings is 2. The number of hydrogen-bond donors (Lipinski definition) is 2. The molecule has 0 atom stereocenters. The van der Waals surface area contributed by atoms with Gasteiger partial charge >= 0.3 is 17.5 Å². The van der Waals surface area contributed by atoms with E-state index in [1.807, 2.05) is 0 Å². The summed E-state index contributed by atoms with van der Waals surface area (Å²) in [5.41, 5.74) is 0.234. The van der Waals surface area contributed by atoms with Gasteiger partial charge in [-0.05, 0) is 30.3 Å². The number of halogens is 1. The van der Waals surface area contributed by atoms with Crippen LogP contribution >= 0.6 is 0 Å². The van der Waals surface area contributed by atoms with Gasteiger partial charge in [-0.3, -0.25) is 19.7 Å². The fourth-order valence-electron chi connectivity index (χ4n) is 2.41. The van der Waals surface area contributed by atoms with E-state index in [0.717, 1.165) is 0 Å². The van der Waals surface area contributed by atoms with E-state index >= 15 is 0 Å². The highest BCUT2D eigenvalue weighted by Crippen LogP contribution is 2.25. The van der Waals surface area contributed by atoms with Crippen molar-refractivity contribution in [3.05, 3.63) is 70.4 Å². The summed E-state index contributed by atoms with van der Waals surface area (Å²) in [6.07, 6.45) is 0. The standard InChI is InChI=1S/C19H16FN5O6/c20-13-7-5-12(6-8-13)17-23-19(31-24-17)18(27)22-10-9-21-16(26)11-30-15-4-2-1-3-14(15)25(28)29/h1-8H,9-11H2,(H,21,26)(H,22,27). The zero-order valence-electron chi connectivity index (χ0n) is 15.9. The van der Waals surface area contributed by atoms with Gasteiger partial charge in [0.2, 0.25) is 5.82 Å². The lowest BCUT2D eigenvalue weighted by Gasteiger charge is -2.08. The molecule has 1 heterocycles. The van der Waals surface area contributed by atoms with Crippen LogP contribution in [0.3, 0.4) is 0 Å². The number of ether oxygens (including phenoxy) is 1. The molecule has 1 aromatic heterocycles. The Balaban J connectivity index is 1.41. The third-order valence-electron chi connectivity index (χ3n) is 3.88. The third kappa shape index (κ3) is 5.82. The molecule has 0 radical (unpaired) electrons. The third-order valence-corrected chi connectivity index (χ3v) is 3.88. The predicted molar refractivity (Wildman–Crippen MR) is 104 cm³/mol. The summed E-state index contributed by atoms with van der Waals surface area (Å²) in [6.45, 7) is -0.294. The van der Waals surface area contributed by atoms with Crippen LogP contribution in [-0.2, 0) is 4.79 Å². The van der Waals surface area contributed by atoms with Crippen LogP contribution in [0.25, 0.3) is 11.4 Å². The maximum Gasteiger partial charge on any atom is 0.316 e. The molecule has 0 bridgehead atoms. The molecule has 3 rings (SSSR count). The van der Waals surface area contributed by atoms with E-state index in [-0.39, 0.29) is 36.2 Å². The number of carbonyl (C=O) groups is 2. The Kier molecular flexibility index (Phi) is 6.83. The topological polar surface area (TPSA) is 149 Å². The average Bonchev–Trinajstić information content (AvgIpc) is 3.26. The molecule has 31 heavy (non-hydrogen) atoms. The lowest BCUT2D eigenvalue weighted by Crippen LogP contribution is -2.36. The van der Waals surface area contributed by atoms with Gasteiger partial charge in [-0.25, -0.2) is 4.39 Å². The molecular formula is C19H16FN5O6. The molecule has 2 aromatic carbocycles. The number of hydrogen-bond acceptors (Lipinski definition) is 8. The zero-order valence-corrected chi connectivity index (χ0v) is 15.9. The van der Waals surface area contributed by atoms with Gasteiger partial charge in [-0.1, -0.05) is 17.3 Å². The average molecular weight is 429 g/mol. The van der Waals surface area contributed by atoms with Crippen LogP contribution in [0.2, 0.25) is 0 Å². The molecule has 0 spiro atoms. The normalized spacial score (nSPS) is 10.4. The minimum atomic E-state index is -0.647. The number of carbonyl (C=O) groups excluding carboxylic acids is 2. The molecule has 0 saturated heterocycles. The number of nitrogens with one attached hydrogen (secondary N) is 2. The number of nitro benzene ring substituents is 1. The van der Waals surface area contributed by atoms with Gasteiger partial charge in [0.15, 0.2) is 12.4 Å². The Hall–Kier alpha value is -4.35. The van der Waals surface area contributed by atoms with Gasteiger partial charge in [0.05, 0.1) is 4.92 Å². The Morgan fingerprint density at radius 1 is 1.10 bits per heavy atom. The number of nitro groups is 1. The molecule has 0 saturated carbocycles. The Morgan fingerprint density at radius 2 is 1.81 bits per heavy atom. The van der Waals surface area contributed by atoms with E-state index in [0.29, 0.717) is 5.56 Å². The van der Waals surface area contributed by atoms with Crippen molar-refractivity contribution in [3.63, 3.8) is 0 Å². The van der Waals surface area contributed by atoms with Crippen molar-refractivity contribution in [1.29, 1.82) is 0 Å². The van der Waals surface area contributed by atoms with Crippen molar-refractivity contribution in [2.24, 2.45) is 0 Å². The second-order valence-corrected chi connectivity index (χ2v) is 6.05. The maximum atomic E-state index is 13.0.